The van der Waals surface area contributed by atoms with Crippen LogP contribution < -0.4 is 0 Å². The monoisotopic (exact) mass is 253 g/mol. The molecular weight excluding hydrogens is 240 g/mol. The first kappa shape index (κ1) is 14.1. The van der Waals surface area contributed by atoms with Crippen molar-refractivity contribution in [1.29, 1.82) is 0 Å². The Bertz CT molecular complexity index is 234. The highest BCUT2D eigenvalue weighted by molar-refractivity contribution is 6.40. The summed E-state index contributed by atoms with van der Waals surface area (Å²) in [7, 11) is 4.10. The van der Waals surface area contributed by atoms with Crippen LogP contribution in [0.5, 0.6) is 0 Å². The Kier molecular flexibility index (Phi) is 8.40. The van der Waals surface area contributed by atoms with Crippen molar-refractivity contribution in [2.45, 2.75) is 6.54 Å². The lowest BCUT2D eigenvalue weighted by molar-refractivity contribution is 0.402. The van der Waals surface area contributed by atoms with E-state index in [9.17, 15) is 0 Å². The largest absolute Gasteiger partial charge is 0.305 e. The second kappa shape index (κ2) is 8.37. The van der Waals surface area contributed by atoms with Crippen LogP contribution >= 0.6 is 34.8 Å². The van der Waals surface area contributed by atoms with Gasteiger partial charge in [0, 0.05) is 11.6 Å². The van der Waals surface area contributed by atoms with Crippen LogP contribution in [0.4, 0.5) is 0 Å². The van der Waals surface area contributed by atoms with Gasteiger partial charge in [0.05, 0.1) is 5.34 Å². The molecule has 0 N–H and O–H groups in total. The number of halogens is 3. The Balaban J connectivity index is 0.000000500. The Morgan fingerprint density at radius 3 is 1.86 bits per heavy atom. The molecule has 1 nitrogen and oxygen atoms in total. The van der Waals surface area contributed by atoms with E-state index in [1.54, 1.807) is 0 Å². The van der Waals surface area contributed by atoms with Gasteiger partial charge in [-0.15, -0.1) is 23.2 Å². The van der Waals surface area contributed by atoms with Crippen LogP contribution in [0.3, 0.4) is 0 Å². The van der Waals surface area contributed by atoms with E-state index in [0.717, 1.165) is 11.6 Å². The molecule has 0 aliphatic rings. The summed E-state index contributed by atoms with van der Waals surface area (Å²) in [6.07, 6.45) is 0. The molecule has 4 heteroatoms. The summed E-state index contributed by atoms with van der Waals surface area (Å²) >= 11 is 15.3. The lowest BCUT2D eigenvalue weighted by Crippen LogP contribution is -2.10. The fourth-order valence-electron chi connectivity index (χ4n) is 0.955. The van der Waals surface area contributed by atoms with E-state index < -0.39 is 0 Å². The second-order valence-corrected chi connectivity index (χ2v) is 4.21. The smallest absolute Gasteiger partial charge is 0.0967 e. The Labute approximate surface area is 101 Å². The molecule has 80 valence electrons. The number of benzene rings is 1. The van der Waals surface area contributed by atoms with E-state index in [2.05, 4.69) is 19.0 Å². The zero-order valence-electron chi connectivity index (χ0n) is 8.30. The highest BCUT2D eigenvalue weighted by Gasteiger charge is 1.93. The Morgan fingerprint density at radius 1 is 1.07 bits per heavy atom. The number of hydrogen-bond donors (Lipinski definition) is 0. The van der Waals surface area contributed by atoms with Crippen LogP contribution in [0.2, 0.25) is 5.02 Å². The number of rotatable bonds is 2. The van der Waals surface area contributed by atoms with Crippen LogP contribution in [0.1, 0.15) is 5.56 Å². The summed E-state index contributed by atoms with van der Waals surface area (Å²) in [4.78, 5) is 2.13. The molecule has 0 aromatic heterocycles. The average Bonchev–Trinajstić information content (AvgIpc) is 2.09. The van der Waals surface area contributed by atoms with Crippen LogP contribution in [-0.2, 0) is 6.54 Å². The van der Waals surface area contributed by atoms with Crippen LogP contribution in [-0.4, -0.2) is 24.3 Å². The molecule has 14 heavy (non-hydrogen) atoms. The normalized spacial score (nSPS) is 9.57. The average molecular weight is 255 g/mol. The molecule has 0 heterocycles. The Hall–Kier alpha value is 0.0500. The highest BCUT2D eigenvalue weighted by atomic mass is 35.5. The van der Waals surface area contributed by atoms with Crippen molar-refractivity contribution in [3.05, 3.63) is 34.9 Å². The van der Waals surface area contributed by atoms with Gasteiger partial charge in [-0.3, -0.25) is 0 Å². The summed E-state index contributed by atoms with van der Waals surface area (Å²) in [5.41, 5.74) is 1.29. The summed E-state index contributed by atoms with van der Waals surface area (Å²) < 4.78 is 0. The van der Waals surface area contributed by atoms with Gasteiger partial charge in [-0.25, -0.2) is 0 Å². The number of alkyl halides is 2. The summed E-state index contributed by atoms with van der Waals surface area (Å²) in [6.45, 7) is 0.969. The van der Waals surface area contributed by atoms with Gasteiger partial charge in [0.15, 0.2) is 0 Å². The molecule has 1 rings (SSSR count). The van der Waals surface area contributed by atoms with Crippen molar-refractivity contribution in [2.24, 2.45) is 0 Å². The predicted molar refractivity (Wildman–Crippen MR) is 65.4 cm³/mol. The van der Waals surface area contributed by atoms with Gasteiger partial charge in [-0.2, -0.15) is 0 Å². The second-order valence-electron chi connectivity index (χ2n) is 2.97. The highest BCUT2D eigenvalue weighted by Crippen LogP contribution is 2.09. The lowest BCUT2D eigenvalue weighted by Gasteiger charge is -2.08. The van der Waals surface area contributed by atoms with Gasteiger partial charge in [0.1, 0.15) is 0 Å². The van der Waals surface area contributed by atoms with Gasteiger partial charge < -0.3 is 4.90 Å². The summed E-state index contributed by atoms with van der Waals surface area (Å²) in [5, 5.41) is 0.993. The molecule has 0 bridgehead atoms. The first-order valence-electron chi connectivity index (χ1n) is 4.11. The van der Waals surface area contributed by atoms with E-state index in [1.807, 2.05) is 24.3 Å². The SMILES string of the molecule is CN(C)Cc1ccc(Cl)cc1.ClCCl. The molecule has 0 radical (unpaired) electrons. The lowest BCUT2D eigenvalue weighted by atomic mass is 10.2. The maximum atomic E-state index is 5.73. The molecule has 0 aliphatic heterocycles. The van der Waals surface area contributed by atoms with Crippen molar-refractivity contribution in [3.8, 4) is 0 Å². The molecule has 1 aromatic carbocycles. The van der Waals surface area contributed by atoms with E-state index >= 15 is 0 Å². The molecular formula is C10H14Cl3N. The molecule has 0 atom stereocenters. The minimum absolute atomic E-state index is 0.194. The van der Waals surface area contributed by atoms with Crippen LogP contribution in [0.15, 0.2) is 24.3 Å². The molecule has 0 saturated carbocycles. The number of nitrogens with zero attached hydrogens (tertiary/aromatic N) is 1. The van der Waals surface area contributed by atoms with Crippen LogP contribution in [0.25, 0.3) is 0 Å². The van der Waals surface area contributed by atoms with Gasteiger partial charge in [0.2, 0.25) is 0 Å². The zero-order valence-corrected chi connectivity index (χ0v) is 10.6. The maximum absolute atomic E-state index is 5.73. The summed E-state index contributed by atoms with van der Waals surface area (Å²) in [5.74, 6) is 0. The van der Waals surface area contributed by atoms with Crippen molar-refractivity contribution in [3.63, 3.8) is 0 Å². The third-order valence-electron chi connectivity index (χ3n) is 1.41. The third kappa shape index (κ3) is 7.45. The first-order chi connectivity index (χ1) is 6.60. The van der Waals surface area contributed by atoms with Crippen molar-refractivity contribution in [2.75, 3.05) is 19.4 Å². The first-order valence-corrected chi connectivity index (χ1v) is 5.56. The minimum Gasteiger partial charge on any atom is -0.305 e. The van der Waals surface area contributed by atoms with E-state index in [-0.39, 0.29) is 5.34 Å². The van der Waals surface area contributed by atoms with Crippen LogP contribution in [0, 0.1) is 0 Å². The molecule has 0 amide bonds. The standard InChI is InChI=1S/C9H12ClN.CH2Cl2/c1-11(2)7-8-3-5-9(10)6-4-8;2-1-3/h3-6H,7H2,1-2H3;1H2. The molecule has 0 spiro atoms. The molecule has 1 aromatic rings. The van der Waals surface area contributed by atoms with Gasteiger partial charge in [0.25, 0.3) is 0 Å². The molecule has 0 saturated heterocycles. The maximum Gasteiger partial charge on any atom is 0.0967 e. The van der Waals surface area contributed by atoms with Gasteiger partial charge in [-0.1, -0.05) is 23.7 Å². The van der Waals surface area contributed by atoms with Gasteiger partial charge >= 0.3 is 0 Å². The van der Waals surface area contributed by atoms with Gasteiger partial charge in [-0.05, 0) is 31.8 Å². The van der Waals surface area contributed by atoms with Crippen molar-refractivity contribution in [1.82, 2.24) is 4.90 Å². The fourth-order valence-corrected chi connectivity index (χ4v) is 1.08. The summed E-state index contributed by atoms with van der Waals surface area (Å²) in [6, 6.07) is 7.92. The topological polar surface area (TPSA) is 3.24 Å². The van der Waals surface area contributed by atoms with Crippen molar-refractivity contribution < 1.29 is 0 Å². The number of hydrogen-bond acceptors (Lipinski definition) is 1. The fraction of sp³-hybridized carbons (Fsp3) is 0.400. The molecule has 0 fully saturated rings. The molecule has 0 aliphatic carbocycles. The quantitative estimate of drug-likeness (QED) is 0.725. The van der Waals surface area contributed by atoms with Crippen molar-refractivity contribution >= 4 is 34.8 Å². The van der Waals surface area contributed by atoms with E-state index in [0.29, 0.717) is 0 Å². The minimum atomic E-state index is 0.194. The predicted octanol–water partition coefficient (Wildman–Crippen LogP) is 3.82. The van der Waals surface area contributed by atoms with E-state index in [1.165, 1.54) is 5.56 Å². The Morgan fingerprint density at radius 2 is 1.50 bits per heavy atom. The zero-order chi connectivity index (χ0) is 11.0. The van der Waals surface area contributed by atoms with E-state index in [4.69, 9.17) is 34.8 Å². The third-order valence-corrected chi connectivity index (χ3v) is 1.66. The molecule has 0 unspecified atom stereocenters.